The maximum absolute atomic E-state index is 12.8. The molecule has 152 valence electrons. The van der Waals surface area contributed by atoms with Gasteiger partial charge in [0, 0.05) is 45.0 Å². The summed E-state index contributed by atoms with van der Waals surface area (Å²) in [6.07, 6.45) is -0.0474. The zero-order valence-corrected chi connectivity index (χ0v) is 16.6. The van der Waals surface area contributed by atoms with Crippen molar-refractivity contribution < 1.29 is 14.4 Å². The summed E-state index contributed by atoms with van der Waals surface area (Å²) in [5, 5.41) is 5.60. The molecule has 3 amide bonds. The van der Waals surface area contributed by atoms with E-state index in [1.165, 1.54) is 0 Å². The van der Waals surface area contributed by atoms with Crippen molar-refractivity contribution in [2.45, 2.75) is 19.4 Å². The van der Waals surface area contributed by atoms with Gasteiger partial charge in [0.2, 0.25) is 17.7 Å². The summed E-state index contributed by atoms with van der Waals surface area (Å²) in [5.74, 6) is -0.629. The minimum Gasteiger partial charge on any atom is -0.353 e. The molecule has 2 fully saturated rings. The van der Waals surface area contributed by atoms with E-state index in [9.17, 15) is 14.4 Å². The summed E-state index contributed by atoms with van der Waals surface area (Å²) < 4.78 is 0. The van der Waals surface area contributed by atoms with E-state index >= 15 is 0 Å². The van der Waals surface area contributed by atoms with Crippen molar-refractivity contribution in [3.05, 3.63) is 29.8 Å². The average molecular weight is 387 g/mol. The third kappa shape index (κ3) is 5.30. The number of amides is 3. The number of carbonyl (C=O) groups excluding carboxylic acids is 3. The van der Waals surface area contributed by atoms with Crippen LogP contribution in [0.15, 0.2) is 24.3 Å². The molecule has 0 aromatic heterocycles. The average Bonchev–Trinajstić information content (AvgIpc) is 2.65. The van der Waals surface area contributed by atoms with Gasteiger partial charge in [-0.15, -0.1) is 0 Å². The predicted octanol–water partition coefficient (Wildman–Crippen LogP) is -0.102. The highest BCUT2D eigenvalue weighted by atomic mass is 16.2. The van der Waals surface area contributed by atoms with Crippen molar-refractivity contribution in [2.75, 3.05) is 58.2 Å². The molecule has 28 heavy (non-hydrogen) atoms. The first-order valence-corrected chi connectivity index (χ1v) is 9.77. The van der Waals surface area contributed by atoms with Gasteiger partial charge in [-0.3, -0.25) is 19.3 Å². The standard InChI is InChI=1S/C20H29N5O3/c1-15-4-3-5-16(12-15)22-18(26)13-17-20(28)21-6-7-25(17)19(27)14-24-10-8-23(2)9-11-24/h3-5,12,17H,6-11,13-14H2,1-2H3,(H,21,28)(H,22,26)/t17-/m1/s1. The molecule has 2 heterocycles. The third-order valence-electron chi connectivity index (χ3n) is 5.29. The van der Waals surface area contributed by atoms with E-state index in [0.717, 1.165) is 31.7 Å². The summed E-state index contributed by atoms with van der Waals surface area (Å²) in [7, 11) is 2.07. The number of nitrogens with zero attached hydrogens (tertiary/aromatic N) is 3. The van der Waals surface area contributed by atoms with E-state index in [1.54, 1.807) is 4.90 Å². The summed E-state index contributed by atoms with van der Waals surface area (Å²) >= 11 is 0. The fourth-order valence-electron chi connectivity index (χ4n) is 3.61. The Balaban J connectivity index is 1.60. The van der Waals surface area contributed by atoms with E-state index in [4.69, 9.17) is 0 Å². The number of likely N-dealkylation sites (N-methyl/N-ethyl adjacent to an activating group) is 1. The van der Waals surface area contributed by atoms with Gasteiger partial charge in [0.1, 0.15) is 6.04 Å². The van der Waals surface area contributed by atoms with Gasteiger partial charge in [-0.25, -0.2) is 0 Å². The molecule has 1 atom stereocenters. The molecule has 8 heteroatoms. The minimum absolute atomic E-state index is 0.0474. The fraction of sp³-hybridized carbons (Fsp3) is 0.550. The molecular weight excluding hydrogens is 358 g/mol. The quantitative estimate of drug-likeness (QED) is 0.737. The summed E-state index contributed by atoms with van der Waals surface area (Å²) in [5.41, 5.74) is 1.73. The van der Waals surface area contributed by atoms with Gasteiger partial charge in [-0.1, -0.05) is 12.1 Å². The molecule has 3 rings (SSSR count). The van der Waals surface area contributed by atoms with Crippen LogP contribution in [0.1, 0.15) is 12.0 Å². The second kappa shape index (κ2) is 9.16. The highest BCUT2D eigenvalue weighted by Gasteiger charge is 2.35. The van der Waals surface area contributed by atoms with Crippen LogP contribution in [0.25, 0.3) is 0 Å². The van der Waals surface area contributed by atoms with E-state index in [2.05, 4.69) is 27.5 Å². The highest BCUT2D eigenvalue weighted by Crippen LogP contribution is 2.14. The van der Waals surface area contributed by atoms with E-state index in [0.29, 0.717) is 18.8 Å². The molecule has 0 aliphatic carbocycles. The smallest absolute Gasteiger partial charge is 0.243 e. The highest BCUT2D eigenvalue weighted by molar-refractivity contribution is 5.97. The summed E-state index contributed by atoms with van der Waals surface area (Å²) in [6.45, 7) is 6.61. The number of hydrogen-bond acceptors (Lipinski definition) is 5. The zero-order valence-electron chi connectivity index (χ0n) is 16.6. The molecule has 0 unspecified atom stereocenters. The Morgan fingerprint density at radius 3 is 2.64 bits per heavy atom. The lowest BCUT2D eigenvalue weighted by Crippen LogP contribution is -2.60. The second-order valence-corrected chi connectivity index (χ2v) is 7.60. The Bertz CT molecular complexity index is 730. The molecule has 0 spiro atoms. The van der Waals surface area contributed by atoms with Crippen LogP contribution < -0.4 is 10.6 Å². The zero-order chi connectivity index (χ0) is 20.1. The number of piperazine rings is 2. The minimum atomic E-state index is -0.765. The monoisotopic (exact) mass is 387 g/mol. The molecule has 2 aliphatic heterocycles. The molecule has 1 aromatic carbocycles. The lowest BCUT2D eigenvalue weighted by atomic mass is 10.1. The Morgan fingerprint density at radius 1 is 1.18 bits per heavy atom. The first kappa shape index (κ1) is 20.3. The number of benzene rings is 1. The van der Waals surface area contributed by atoms with Gasteiger partial charge < -0.3 is 20.4 Å². The Hall–Kier alpha value is -2.45. The Kier molecular flexibility index (Phi) is 6.64. The van der Waals surface area contributed by atoms with Crippen LogP contribution in [0.4, 0.5) is 5.69 Å². The van der Waals surface area contributed by atoms with Crippen molar-refractivity contribution in [1.82, 2.24) is 20.0 Å². The van der Waals surface area contributed by atoms with Crippen molar-refractivity contribution in [3.63, 3.8) is 0 Å². The number of nitrogens with one attached hydrogen (secondary N) is 2. The molecular formula is C20H29N5O3. The summed E-state index contributed by atoms with van der Waals surface area (Å²) in [4.78, 5) is 43.6. The third-order valence-corrected chi connectivity index (χ3v) is 5.29. The topological polar surface area (TPSA) is 85.0 Å². The molecule has 1 aromatic rings. The maximum Gasteiger partial charge on any atom is 0.243 e. The van der Waals surface area contributed by atoms with Crippen LogP contribution in [0.2, 0.25) is 0 Å². The van der Waals surface area contributed by atoms with Crippen LogP contribution in [0.3, 0.4) is 0 Å². The van der Waals surface area contributed by atoms with Gasteiger partial charge in [0.05, 0.1) is 13.0 Å². The van der Waals surface area contributed by atoms with Crippen molar-refractivity contribution in [3.8, 4) is 0 Å². The van der Waals surface area contributed by atoms with Gasteiger partial charge >= 0.3 is 0 Å². The van der Waals surface area contributed by atoms with Gasteiger partial charge in [0.15, 0.2) is 0 Å². The number of aryl methyl sites for hydroxylation is 1. The fourth-order valence-corrected chi connectivity index (χ4v) is 3.61. The number of rotatable bonds is 5. The molecule has 0 saturated carbocycles. The number of hydrogen-bond donors (Lipinski definition) is 2. The first-order valence-electron chi connectivity index (χ1n) is 9.77. The molecule has 8 nitrogen and oxygen atoms in total. The van der Waals surface area contributed by atoms with Crippen LogP contribution >= 0.6 is 0 Å². The Labute approximate surface area is 165 Å². The van der Waals surface area contributed by atoms with Gasteiger partial charge in [-0.2, -0.15) is 0 Å². The van der Waals surface area contributed by atoms with E-state index < -0.39 is 6.04 Å². The first-order chi connectivity index (χ1) is 13.4. The van der Waals surface area contributed by atoms with Crippen LogP contribution in [-0.4, -0.2) is 91.3 Å². The van der Waals surface area contributed by atoms with Gasteiger partial charge in [-0.05, 0) is 31.7 Å². The molecule has 2 N–H and O–H groups in total. The predicted molar refractivity (Wildman–Crippen MR) is 107 cm³/mol. The molecule has 2 aliphatic rings. The normalized spacial score (nSPS) is 21.3. The number of anilines is 1. The second-order valence-electron chi connectivity index (χ2n) is 7.60. The van der Waals surface area contributed by atoms with Crippen molar-refractivity contribution >= 4 is 23.4 Å². The van der Waals surface area contributed by atoms with Crippen LogP contribution in [-0.2, 0) is 14.4 Å². The lowest BCUT2D eigenvalue weighted by Gasteiger charge is -2.37. The van der Waals surface area contributed by atoms with Crippen LogP contribution in [0, 0.1) is 6.92 Å². The molecule has 0 radical (unpaired) electrons. The van der Waals surface area contributed by atoms with E-state index in [-0.39, 0.29) is 30.7 Å². The van der Waals surface area contributed by atoms with E-state index in [1.807, 2.05) is 31.2 Å². The lowest BCUT2D eigenvalue weighted by molar-refractivity contribution is -0.145. The Morgan fingerprint density at radius 2 is 1.93 bits per heavy atom. The van der Waals surface area contributed by atoms with Crippen LogP contribution in [0.5, 0.6) is 0 Å². The maximum atomic E-state index is 12.8. The van der Waals surface area contributed by atoms with Crippen molar-refractivity contribution in [2.24, 2.45) is 0 Å². The number of carbonyl (C=O) groups is 3. The SMILES string of the molecule is Cc1cccc(NC(=O)C[C@@H]2C(=O)NCCN2C(=O)CN2CCN(C)CC2)c1. The van der Waals surface area contributed by atoms with Crippen molar-refractivity contribution in [1.29, 1.82) is 0 Å². The molecule has 2 saturated heterocycles. The molecule has 0 bridgehead atoms. The summed E-state index contributed by atoms with van der Waals surface area (Å²) in [6, 6.07) is 6.73. The van der Waals surface area contributed by atoms with Gasteiger partial charge in [0.25, 0.3) is 0 Å². The largest absolute Gasteiger partial charge is 0.353 e.